The van der Waals surface area contributed by atoms with Crippen molar-refractivity contribution in [1.82, 2.24) is 39.9 Å². The molecule has 1 aliphatic rings. The summed E-state index contributed by atoms with van der Waals surface area (Å²) in [7, 11) is 6.05. The van der Waals surface area contributed by atoms with Crippen molar-refractivity contribution in [3.8, 4) is 22.8 Å². The summed E-state index contributed by atoms with van der Waals surface area (Å²) in [5.74, 6) is 3.09. The van der Waals surface area contributed by atoms with Crippen LogP contribution in [0.15, 0.2) is 48.5 Å². The van der Waals surface area contributed by atoms with Gasteiger partial charge < -0.3 is 14.5 Å². The third-order valence-corrected chi connectivity index (χ3v) is 6.53. The number of ether oxygens (including phenoxy) is 1. The highest BCUT2D eigenvalue weighted by Gasteiger charge is 2.31. The van der Waals surface area contributed by atoms with Gasteiger partial charge in [0.2, 0.25) is 5.95 Å². The molecule has 0 spiro atoms. The number of halogens is 1. The molecule has 0 aliphatic carbocycles. The average molecular weight is 508 g/mol. The minimum Gasteiger partial charge on any atom is -0.492 e. The van der Waals surface area contributed by atoms with Crippen LogP contribution in [-0.2, 0) is 7.05 Å². The highest BCUT2D eigenvalue weighted by Crippen LogP contribution is 2.34. The molecule has 1 fully saturated rings. The van der Waals surface area contributed by atoms with E-state index in [0.29, 0.717) is 17.5 Å². The summed E-state index contributed by atoms with van der Waals surface area (Å²) < 4.78 is 7.85. The molecule has 1 unspecified atom stereocenters. The molecule has 1 aliphatic heterocycles. The lowest BCUT2D eigenvalue weighted by Gasteiger charge is -2.34. The molecule has 2 aromatic heterocycles. The van der Waals surface area contributed by atoms with Crippen molar-refractivity contribution in [1.29, 1.82) is 0 Å². The Hall–Kier alpha value is -3.50. The Morgan fingerprint density at radius 2 is 1.89 bits per heavy atom. The lowest BCUT2D eigenvalue weighted by Crippen LogP contribution is -2.36. The van der Waals surface area contributed by atoms with Crippen LogP contribution < -0.4 is 9.64 Å². The molecule has 0 bridgehead atoms. The van der Waals surface area contributed by atoms with Crippen LogP contribution in [0, 0.1) is 0 Å². The normalized spacial score (nSPS) is 16.0. The molecule has 2 aromatic carbocycles. The SMILES string of the molecule is CN(C)CCOc1ccc(-c2nnc(N3CCCCC3c3nnn(-c4cccc(Cl)c4)n3)n2C)cc1. The number of aromatic nitrogens is 7. The Morgan fingerprint density at radius 3 is 2.67 bits per heavy atom. The van der Waals surface area contributed by atoms with Crippen LogP contribution in [-0.4, -0.2) is 73.7 Å². The summed E-state index contributed by atoms with van der Waals surface area (Å²) in [6, 6.07) is 15.4. The maximum absolute atomic E-state index is 6.14. The molecule has 3 heterocycles. The van der Waals surface area contributed by atoms with Crippen LogP contribution in [0.3, 0.4) is 0 Å². The molecule has 5 rings (SSSR count). The van der Waals surface area contributed by atoms with Gasteiger partial charge in [0, 0.05) is 30.7 Å². The van der Waals surface area contributed by atoms with Gasteiger partial charge >= 0.3 is 0 Å². The molecule has 0 N–H and O–H groups in total. The number of hydrogen-bond donors (Lipinski definition) is 0. The Balaban J connectivity index is 1.35. The highest BCUT2D eigenvalue weighted by molar-refractivity contribution is 6.30. The molecule has 11 heteroatoms. The number of anilines is 1. The van der Waals surface area contributed by atoms with Crippen LogP contribution in [0.1, 0.15) is 31.1 Å². The Morgan fingerprint density at radius 1 is 1.06 bits per heavy atom. The van der Waals surface area contributed by atoms with E-state index in [0.717, 1.165) is 61.1 Å². The minimum absolute atomic E-state index is 0.0325. The Kier molecular flexibility index (Phi) is 7.15. The monoisotopic (exact) mass is 507 g/mol. The van der Waals surface area contributed by atoms with Crippen LogP contribution in [0.5, 0.6) is 5.75 Å². The summed E-state index contributed by atoms with van der Waals surface area (Å²) in [4.78, 5) is 5.85. The number of likely N-dealkylation sites (N-methyl/N-ethyl adjacent to an activating group) is 1. The second-order valence-electron chi connectivity index (χ2n) is 9.18. The number of benzene rings is 2. The van der Waals surface area contributed by atoms with E-state index in [9.17, 15) is 0 Å². The molecular weight excluding hydrogens is 478 g/mol. The molecule has 0 amide bonds. The quantitative estimate of drug-likeness (QED) is 0.356. The zero-order chi connectivity index (χ0) is 25.1. The van der Waals surface area contributed by atoms with Crippen molar-refractivity contribution in [3.63, 3.8) is 0 Å². The summed E-state index contributed by atoms with van der Waals surface area (Å²) in [5.41, 5.74) is 1.76. The zero-order valence-electron chi connectivity index (χ0n) is 20.7. The minimum atomic E-state index is -0.0325. The van der Waals surface area contributed by atoms with Crippen molar-refractivity contribution >= 4 is 17.5 Å². The maximum atomic E-state index is 6.14. The van der Waals surface area contributed by atoms with Crippen molar-refractivity contribution in [3.05, 3.63) is 59.4 Å². The van der Waals surface area contributed by atoms with Crippen molar-refractivity contribution < 1.29 is 4.74 Å². The van der Waals surface area contributed by atoms with Gasteiger partial charge in [-0.15, -0.1) is 25.2 Å². The largest absolute Gasteiger partial charge is 0.492 e. The Labute approximate surface area is 215 Å². The summed E-state index contributed by atoms with van der Waals surface area (Å²) >= 11 is 6.14. The topological polar surface area (TPSA) is 90.0 Å². The number of piperidine rings is 1. The molecule has 1 saturated heterocycles. The number of rotatable bonds is 8. The average Bonchev–Trinajstić information content (AvgIpc) is 3.52. The molecular formula is C25H30ClN9O. The van der Waals surface area contributed by atoms with E-state index >= 15 is 0 Å². The number of nitrogens with zero attached hydrogens (tertiary/aromatic N) is 9. The third kappa shape index (κ3) is 5.19. The van der Waals surface area contributed by atoms with E-state index in [1.54, 1.807) is 0 Å². The molecule has 1 atom stereocenters. The lowest BCUT2D eigenvalue weighted by atomic mass is 10.0. The number of tetrazole rings is 1. The van der Waals surface area contributed by atoms with Gasteiger partial charge in [0.1, 0.15) is 12.4 Å². The predicted molar refractivity (Wildman–Crippen MR) is 139 cm³/mol. The van der Waals surface area contributed by atoms with Crippen LogP contribution in [0.4, 0.5) is 5.95 Å². The van der Waals surface area contributed by atoms with Gasteiger partial charge in [-0.2, -0.15) is 0 Å². The molecule has 4 aromatic rings. The second kappa shape index (κ2) is 10.6. The van der Waals surface area contributed by atoms with Gasteiger partial charge in [-0.1, -0.05) is 17.7 Å². The summed E-state index contributed by atoms with van der Waals surface area (Å²) in [6.45, 7) is 2.36. The molecule has 188 valence electrons. The fourth-order valence-corrected chi connectivity index (χ4v) is 4.56. The maximum Gasteiger partial charge on any atom is 0.227 e. The summed E-state index contributed by atoms with van der Waals surface area (Å²) in [5, 5.41) is 23.0. The van der Waals surface area contributed by atoms with E-state index < -0.39 is 0 Å². The predicted octanol–water partition coefficient (Wildman–Crippen LogP) is 3.78. The smallest absolute Gasteiger partial charge is 0.227 e. The van der Waals surface area contributed by atoms with Gasteiger partial charge in [0.05, 0.1) is 11.7 Å². The van der Waals surface area contributed by atoms with Crippen LogP contribution >= 0.6 is 11.6 Å². The first-order chi connectivity index (χ1) is 17.5. The van der Waals surface area contributed by atoms with Gasteiger partial charge in [-0.3, -0.25) is 4.57 Å². The zero-order valence-corrected chi connectivity index (χ0v) is 21.5. The summed E-state index contributed by atoms with van der Waals surface area (Å²) in [6.07, 6.45) is 3.08. The Bertz CT molecular complexity index is 1300. The fourth-order valence-electron chi connectivity index (χ4n) is 4.38. The van der Waals surface area contributed by atoms with E-state index in [1.807, 2.05) is 74.2 Å². The van der Waals surface area contributed by atoms with Gasteiger partial charge in [0.25, 0.3) is 0 Å². The van der Waals surface area contributed by atoms with E-state index in [-0.39, 0.29) is 6.04 Å². The van der Waals surface area contributed by atoms with Gasteiger partial charge in [0.15, 0.2) is 11.6 Å². The van der Waals surface area contributed by atoms with Crippen LogP contribution in [0.25, 0.3) is 17.1 Å². The molecule has 10 nitrogen and oxygen atoms in total. The van der Waals surface area contributed by atoms with Crippen molar-refractivity contribution in [2.75, 3.05) is 38.7 Å². The first-order valence-electron chi connectivity index (χ1n) is 12.1. The highest BCUT2D eigenvalue weighted by atomic mass is 35.5. The van der Waals surface area contributed by atoms with Crippen LogP contribution in [0.2, 0.25) is 5.02 Å². The fraction of sp³-hybridized carbons (Fsp3) is 0.400. The molecule has 0 saturated carbocycles. The van der Waals surface area contributed by atoms with E-state index in [2.05, 4.69) is 35.4 Å². The number of hydrogen-bond acceptors (Lipinski definition) is 8. The standard InChI is InChI=1S/C25H30ClN9O/c1-32(2)15-16-36-21-12-10-18(11-13-21)24-28-29-25(33(24)3)34-14-5-4-9-22(34)23-27-31-35(30-23)20-8-6-7-19(26)17-20/h6-8,10-13,17,22H,4-5,9,14-16H2,1-3H3. The van der Waals surface area contributed by atoms with E-state index in [4.69, 9.17) is 16.3 Å². The van der Waals surface area contributed by atoms with Gasteiger partial charge in [-0.05, 0) is 81.0 Å². The molecule has 0 radical (unpaired) electrons. The second-order valence-corrected chi connectivity index (χ2v) is 9.62. The van der Waals surface area contributed by atoms with Crippen molar-refractivity contribution in [2.24, 2.45) is 7.05 Å². The molecule has 36 heavy (non-hydrogen) atoms. The first kappa shape index (κ1) is 24.2. The third-order valence-electron chi connectivity index (χ3n) is 6.30. The van der Waals surface area contributed by atoms with Crippen molar-refractivity contribution in [2.45, 2.75) is 25.3 Å². The first-order valence-corrected chi connectivity index (χ1v) is 12.5. The lowest BCUT2D eigenvalue weighted by molar-refractivity contribution is 0.261. The van der Waals surface area contributed by atoms with E-state index in [1.165, 1.54) is 4.80 Å². The van der Waals surface area contributed by atoms with Gasteiger partial charge in [-0.25, -0.2) is 0 Å².